The topological polar surface area (TPSA) is 99.9 Å². The summed E-state index contributed by atoms with van der Waals surface area (Å²) in [5.74, 6) is 0.631. The van der Waals surface area contributed by atoms with Gasteiger partial charge in [-0.05, 0) is 48.3 Å². The van der Waals surface area contributed by atoms with E-state index in [1.54, 1.807) is 0 Å². The van der Waals surface area contributed by atoms with Crippen molar-refractivity contribution in [2.75, 3.05) is 40.5 Å². The average molecular weight is 525 g/mol. The molecule has 7 nitrogen and oxygen atoms in total. The summed E-state index contributed by atoms with van der Waals surface area (Å²) in [4.78, 5) is 13.0. The van der Waals surface area contributed by atoms with Crippen molar-refractivity contribution < 1.29 is 22.7 Å². The van der Waals surface area contributed by atoms with Gasteiger partial charge < -0.3 is 14.4 Å². The molecule has 0 spiro atoms. The highest BCUT2D eigenvalue weighted by Gasteiger charge is 2.23. The summed E-state index contributed by atoms with van der Waals surface area (Å²) in [6.07, 6.45) is 3.03. The van der Waals surface area contributed by atoms with Gasteiger partial charge in [0.25, 0.3) is 0 Å². The van der Waals surface area contributed by atoms with Crippen LogP contribution in [0.2, 0.25) is 0 Å². The van der Waals surface area contributed by atoms with E-state index in [0.717, 1.165) is 76.7 Å². The Kier molecular flexibility index (Phi) is 6.85. The fraction of sp³-hybridized carbons (Fsp3) is 0.296. The smallest absolute Gasteiger partial charge is 0.313 e. The molecule has 0 aliphatic carbocycles. The van der Waals surface area contributed by atoms with E-state index < -0.39 is 16.0 Å². The maximum absolute atomic E-state index is 12.2. The molecule has 1 aromatic heterocycles. The number of nitrogens with one attached hydrogen (secondary N) is 1. The van der Waals surface area contributed by atoms with E-state index in [0.29, 0.717) is 11.6 Å². The molecule has 1 aliphatic rings. The first kappa shape index (κ1) is 24.5. The number of piperidine rings is 1. The van der Waals surface area contributed by atoms with Gasteiger partial charge in [-0.3, -0.25) is 9.52 Å². The molecule has 1 saturated heterocycles. The van der Waals surface area contributed by atoms with Gasteiger partial charge in [0.15, 0.2) is 0 Å². The van der Waals surface area contributed by atoms with Gasteiger partial charge in [-0.2, -0.15) is 0 Å². The molecule has 3 aromatic carbocycles. The van der Waals surface area contributed by atoms with E-state index in [-0.39, 0.29) is 5.75 Å². The number of nitrogens with zero attached hydrogens (tertiary/aromatic N) is 1. The molecule has 2 heterocycles. The van der Waals surface area contributed by atoms with Crippen LogP contribution < -0.4 is 9.62 Å². The van der Waals surface area contributed by atoms with Crippen LogP contribution in [0.4, 0.5) is 11.4 Å². The third kappa shape index (κ3) is 5.32. The maximum atomic E-state index is 12.2. The molecule has 1 aliphatic heterocycles. The standard InChI is InChI=1S/C27H28N2O5S2/c1-36(32,33)28-23-15-19(20-6-4-7-22-21-5-2-3-8-25(21)34-27(20)22)9-10-24(23)29-13-11-18(12-14-29)16-35-17-26(30)31/h2-10,15,18,28H,11-14,16-17H2,1H3,(H,30,31). The summed E-state index contributed by atoms with van der Waals surface area (Å²) in [5, 5.41) is 10.9. The number of thioether (sulfide) groups is 1. The van der Waals surface area contributed by atoms with Gasteiger partial charge in [-0.15, -0.1) is 11.8 Å². The molecule has 4 aromatic rings. The lowest BCUT2D eigenvalue weighted by Crippen LogP contribution is -2.35. The second-order valence-corrected chi connectivity index (χ2v) is 12.0. The molecule has 5 rings (SSSR count). The summed E-state index contributed by atoms with van der Waals surface area (Å²) < 4.78 is 33.4. The molecular weight excluding hydrogens is 496 g/mol. The molecule has 0 bridgehead atoms. The van der Waals surface area contributed by atoms with E-state index in [9.17, 15) is 13.2 Å². The molecule has 0 amide bonds. The van der Waals surface area contributed by atoms with Gasteiger partial charge in [0.1, 0.15) is 11.2 Å². The van der Waals surface area contributed by atoms with Crippen molar-refractivity contribution in [3.8, 4) is 11.1 Å². The van der Waals surface area contributed by atoms with Crippen molar-refractivity contribution in [3.05, 3.63) is 60.7 Å². The zero-order chi connectivity index (χ0) is 25.3. The summed E-state index contributed by atoms with van der Waals surface area (Å²) >= 11 is 1.46. The number of furan rings is 1. The van der Waals surface area contributed by atoms with E-state index in [1.807, 2.05) is 60.7 Å². The number of aliphatic carboxylic acids is 1. The highest BCUT2D eigenvalue weighted by Crippen LogP contribution is 2.39. The molecule has 36 heavy (non-hydrogen) atoms. The Bertz CT molecular complexity index is 1520. The van der Waals surface area contributed by atoms with Crippen LogP contribution in [0.15, 0.2) is 65.1 Å². The summed E-state index contributed by atoms with van der Waals surface area (Å²) in [5.41, 5.74) is 4.75. The molecule has 0 saturated carbocycles. The largest absolute Gasteiger partial charge is 0.481 e. The number of rotatable bonds is 8. The zero-order valence-electron chi connectivity index (χ0n) is 19.9. The lowest BCUT2D eigenvalue weighted by Gasteiger charge is -2.34. The van der Waals surface area contributed by atoms with Gasteiger partial charge in [0.05, 0.1) is 23.4 Å². The van der Waals surface area contributed by atoms with Crippen LogP contribution in [0.1, 0.15) is 12.8 Å². The molecular formula is C27H28N2O5S2. The number of carboxylic acids is 1. The Hall–Kier alpha value is -3.17. The second-order valence-electron chi connectivity index (χ2n) is 9.23. The van der Waals surface area contributed by atoms with E-state index in [2.05, 4.69) is 9.62 Å². The molecule has 0 radical (unpaired) electrons. The third-order valence-electron chi connectivity index (χ3n) is 6.54. The molecule has 188 valence electrons. The minimum atomic E-state index is -3.49. The summed E-state index contributed by atoms with van der Waals surface area (Å²) in [6.45, 7) is 1.57. The zero-order valence-corrected chi connectivity index (χ0v) is 21.6. The lowest BCUT2D eigenvalue weighted by atomic mass is 9.97. The average Bonchev–Trinajstić information content (AvgIpc) is 3.22. The lowest BCUT2D eigenvalue weighted by molar-refractivity contribution is -0.133. The normalized spacial score (nSPS) is 15.0. The van der Waals surface area contributed by atoms with Crippen LogP contribution >= 0.6 is 11.8 Å². The van der Waals surface area contributed by atoms with Crippen molar-refractivity contribution in [2.24, 2.45) is 5.92 Å². The number of sulfonamides is 1. The summed E-state index contributed by atoms with van der Waals surface area (Å²) in [6, 6.07) is 19.8. The first-order valence-corrected chi connectivity index (χ1v) is 14.9. The first-order valence-electron chi connectivity index (χ1n) is 11.9. The highest BCUT2D eigenvalue weighted by molar-refractivity contribution is 7.99. The number of anilines is 2. The second kappa shape index (κ2) is 10.1. The number of hydrogen-bond acceptors (Lipinski definition) is 6. The van der Waals surface area contributed by atoms with Gasteiger partial charge in [0.2, 0.25) is 10.0 Å². The Balaban J connectivity index is 1.45. The number of fused-ring (bicyclic) bond motifs is 3. The van der Waals surface area contributed by atoms with E-state index in [4.69, 9.17) is 9.52 Å². The molecule has 9 heteroatoms. The number of carboxylic acid groups (broad SMARTS) is 1. The monoisotopic (exact) mass is 524 g/mol. The summed E-state index contributed by atoms with van der Waals surface area (Å²) in [7, 11) is -3.49. The van der Waals surface area contributed by atoms with Crippen molar-refractivity contribution in [3.63, 3.8) is 0 Å². The number of para-hydroxylation sites is 2. The fourth-order valence-electron chi connectivity index (χ4n) is 4.89. The predicted molar refractivity (Wildman–Crippen MR) is 148 cm³/mol. The van der Waals surface area contributed by atoms with Crippen LogP contribution in [0, 0.1) is 5.92 Å². The van der Waals surface area contributed by atoms with E-state index >= 15 is 0 Å². The Labute approximate surface area is 214 Å². The van der Waals surface area contributed by atoms with Crippen molar-refractivity contribution >= 4 is 61.1 Å². The van der Waals surface area contributed by atoms with Gasteiger partial charge in [-0.25, -0.2) is 8.42 Å². The van der Waals surface area contributed by atoms with Gasteiger partial charge >= 0.3 is 5.97 Å². The minimum absolute atomic E-state index is 0.127. The molecule has 0 unspecified atom stereocenters. The molecule has 1 fully saturated rings. The maximum Gasteiger partial charge on any atom is 0.313 e. The number of benzene rings is 3. The predicted octanol–water partition coefficient (Wildman–Crippen LogP) is 5.66. The van der Waals surface area contributed by atoms with Gasteiger partial charge in [0, 0.05) is 29.4 Å². The highest BCUT2D eigenvalue weighted by atomic mass is 32.2. The number of carbonyl (C=O) groups is 1. The molecule has 2 N–H and O–H groups in total. The minimum Gasteiger partial charge on any atom is -0.481 e. The number of hydrogen-bond donors (Lipinski definition) is 2. The first-order chi connectivity index (χ1) is 17.3. The van der Waals surface area contributed by atoms with Crippen LogP contribution in [0.3, 0.4) is 0 Å². The van der Waals surface area contributed by atoms with Crippen molar-refractivity contribution in [1.29, 1.82) is 0 Å². The van der Waals surface area contributed by atoms with Crippen LogP contribution in [0.25, 0.3) is 33.1 Å². The van der Waals surface area contributed by atoms with Crippen molar-refractivity contribution in [1.82, 2.24) is 0 Å². The third-order valence-corrected chi connectivity index (χ3v) is 8.29. The Morgan fingerprint density at radius 3 is 2.58 bits per heavy atom. The van der Waals surface area contributed by atoms with Gasteiger partial charge in [-0.1, -0.05) is 42.5 Å². The van der Waals surface area contributed by atoms with Crippen LogP contribution in [0.5, 0.6) is 0 Å². The fourth-order valence-corrected chi connectivity index (χ4v) is 6.41. The molecule has 0 atom stereocenters. The van der Waals surface area contributed by atoms with Crippen molar-refractivity contribution in [2.45, 2.75) is 12.8 Å². The SMILES string of the molecule is CS(=O)(=O)Nc1cc(-c2cccc3c2oc2ccccc23)ccc1N1CCC(CSCC(=O)O)CC1. The van der Waals surface area contributed by atoms with Crippen LogP contribution in [-0.4, -0.2) is 50.3 Å². The Morgan fingerprint density at radius 1 is 1.08 bits per heavy atom. The Morgan fingerprint density at radius 2 is 1.83 bits per heavy atom. The van der Waals surface area contributed by atoms with E-state index in [1.165, 1.54) is 11.8 Å². The quantitative estimate of drug-likeness (QED) is 0.307. The van der Waals surface area contributed by atoms with Crippen LogP contribution in [-0.2, 0) is 14.8 Å².